The maximum atomic E-state index is 9.49. The molecule has 1 rings (SSSR count). The number of hydrogen-bond donors (Lipinski definition) is 2. The smallest absolute Gasteiger partial charge is 0.0932 e. The van der Waals surface area contributed by atoms with Crippen LogP contribution >= 0.6 is 0 Å². The normalized spacial score (nSPS) is 26.4. The van der Waals surface area contributed by atoms with Gasteiger partial charge in [-0.2, -0.15) is 0 Å². The van der Waals surface area contributed by atoms with E-state index in [2.05, 4.69) is 4.90 Å². The van der Waals surface area contributed by atoms with E-state index in [-0.39, 0.29) is 12.7 Å². The molecule has 0 radical (unpaired) electrons. The van der Waals surface area contributed by atoms with Gasteiger partial charge in [-0.3, -0.25) is 4.90 Å². The van der Waals surface area contributed by atoms with E-state index in [1.807, 2.05) is 0 Å². The first kappa shape index (κ1) is 11.9. The molecule has 84 valence electrons. The molecule has 1 fully saturated rings. The predicted molar refractivity (Wildman–Crippen MR) is 51.1 cm³/mol. The minimum Gasteiger partial charge on any atom is -0.394 e. The summed E-state index contributed by atoms with van der Waals surface area (Å²) in [5.74, 6) is 0. The number of ether oxygens (including phenoxy) is 2. The lowest BCUT2D eigenvalue weighted by atomic mass is 10.2. The second-order valence-corrected chi connectivity index (χ2v) is 3.54. The van der Waals surface area contributed by atoms with Crippen molar-refractivity contribution in [1.29, 1.82) is 0 Å². The first-order valence-corrected chi connectivity index (χ1v) is 4.88. The van der Waals surface area contributed by atoms with Crippen molar-refractivity contribution in [1.82, 2.24) is 4.90 Å². The van der Waals surface area contributed by atoms with Crippen LogP contribution in [-0.2, 0) is 9.47 Å². The zero-order valence-corrected chi connectivity index (χ0v) is 8.56. The number of morpholine rings is 1. The van der Waals surface area contributed by atoms with Gasteiger partial charge in [0.1, 0.15) is 0 Å². The quantitative estimate of drug-likeness (QED) is 0.583. The van der Waals surface area contributed by atoms with Gasteiger partial charge in [-0.15, -0.1) is 0 Å². The minimum absolute atomic E-state index is 0.0386. The summed E-state index contributed by atoms with van der Waals surface area (Å²) in [4.78, 5) is 2.08. The average Bonchev–Trinajstić information content (AvgIpc) is 2.18. The third-order valence-electron chi connectivity index (χ3n) is 2.25. The molecular formula is C9H19NO4. The van der Waals surface area contributed by atoms with Crippen molar-refractivity contribution in [2.45, 2.75) is 12.2 Å². The third kappa shape index (κ3) is 3.89. The Morgan fingerprint density at radius 3 is 3.07 bits per heavy atom. The maximum absolute atomic E-state index is 9.49. The van der Waals surface area contributed by atoms with Crippen molar-refractivity contribution < 1.29 is 19.7 Å². The van der Waals surface area contributed by atoms with Crippen LogP contribution in [0.5, 0.6) is 0 Å². The Bertz CT molecular complexity index is 156. The number of nitrogens with zero attached hydrogens (tertiary/aromatic N) is 1. The Morgan fingerprint density at radius 2 is 2.43 bits per heavy atom. The standard InChI is InChI=1S/C9H19NO4/c1-13-7-8(12)4-10-2-3-14-9(5-10)6-11/h8-9,11-12H,2-7H2,1H3. The highest BCUT2D eigenvalue weighted by Crippen LogP contribution is 2.05. The van der Waals surface area contributed by atoms with Crippen molar-refractivity contribution in [3.63, 3.8) is 0 Å². The van der Waals surface area contributed by atoms with Crippen LogP contribution in [0.1, 0.15) is 0 Å². The Labute approximate surface area is 84.2 Å². The third-order valence-corrected chi connectivity index (χ3v) is 2.25. The van der Waals surface area contributed by atoms with E-state index in [4.69, 9.17) is 14.6 Å². The lowest BCUT2D eigenvalue weighted by Crippen LogP contribution is -2.47. The summed E-state index contributed by atoms with van der Waals surface area (Å²) in [6, 6.07) is 0. The van der Waals surface area contributed by atoms with Crippen LogP contribution in [0.3, 0.4) is 0 Å². The van der Waals surface area contributed by atoms with Gasteiger partial charge in [0.05, 0.1) is 32.0 Å². The second-order valence-electron chi connectivity index (χ2n) is 3.54. The molecule has 0 aliphatic carbocycles. The van der Waals surface area contributed by atoms with E-state index in [1.54, 1.807) is 7.11 Å². The van der Waals surface area contributed by atoms with Crippen LogP contribution in [0.2, 0.25) is 0 Å². The summed E-state index contributed by atoms with van der Waals surface area (Å²) in [5.41, 5.74) is 0. The summed E-state index contributed by atoms with van der Waals surface area (Å²) in [5, 5.41) is 18.4. The molecule has 0 spiro atoms. The monoisotopic (exact) mass is 205 g/mol. The molecule has 1 aliphatic rings. The Hall–Kier alpha value is -0.200. The van der Waals surface area contributed by atoms with Gasteiger partial charge in [-0.25, -0.2) is 0 Å². The molecule has 1 aliphatic heterocycles. The number of β-amino-alcohol motifs (C(OH)–C–C–N with tert-alkyl or cyclic N) is 1. The fourth-order valence-electron chi connectivity index (χ4n) is 1.60. The zero-order chi connectivity index (χ0) is 10.4. The SMILES string of the molecule is COCC(O)CN1CCOC(CO)C1. The van der Waals surface area contributed by atoms with Crippen LogP contribution in [0, 0.1) is 0 Å². The molecule has 0 amide bonds. The molecule has 2 unspecified atom stereocenters. The summed E-state index contributed by atoms with van der Waals surface area (Å²) in [6.07, 6.45) is -0.573. The lowest BCUT2D eigenvalue weighted by Gasteiger charge is -2.33. The van der Waals surface area contributed by atoms with Crippen LogP contribution < -0.4 is 0 Å². The number of aliphatic hydroxyl groups excluding tert-OH is 2. The molecule has 0 aromatic rings. The Kier molecular flexibility index (Phi) is 5.36. The van der Waals surface area contributed by atoms with Gasteiger partial charge in [0, 0.05) is 26.7 Å². The number of hydrogen-bond acceptors (Lipinski definition) is 5. The summed E-state index contributed by atoms with van der Waals surface area (Å²) in [7, 11) is 1.57. The van der Waals surface area contributed by atoms with E-state index < -0.39 is 6.10 Å². The first-order chi connectivity index (χ1) is 6.76. The van der Waals surface area contributed by atoms with Gasteiger partial charge in [0.15, 0.2) is 0 Å². The highest BCUT2D eigenvalue weighted by Gasteiger charge is 2.21. The molecule has 0 aromatic carbocycles. The van der Waals surface area contributed by atoms with Gasteiger partial charge in [0.2, 0.25) is 0 Å². The number of rotatable bonds is 5. The fourth-order valence-corrected chi connectivity index (χ4v) is 1.60. The van der Waals surface area contributed by atoms with Gasteiger partial charge < -0.3 is 19.7 Å². The van der Waals surface area contributed by atoms with Crippen LogP contribution in [0.25, 0.3) is 0 Å². The molecule has 5 heteroatoms. The van der Waals surface area contributed by atoms with Gasteiger partial charge in [-0.05, 0) is 0 Å². The molecule has 14 heavy (non-hydrogen) atoms. The molecule has 5 nitrogen and oxygen atoms in total. The highest BCUT2D eigenvalue weighted by atomic mass is 16.5. The molecule has 0 saturated carbocycles. The van der Waals surface area contributed by atoms with E-state index in [9.17, 15) is 5.11 Å². The second kappa shape index (κ2) is 6.31. The molecule has 2 N–H and O–H groups in total. The van der Waals surface area contributed by atoms with E-state index in [0.717, 1.165) is 6.54 Å². The first-order valence-electron chi connectivity index (χ1n) is 4.88. The van der Waals surface area contributed by atoms with Gasteiger partial charge in [0.25, 0.3) is 0 Å². The van der Waals surface area contributed by atoms with Crippen molar-refractivity contribution in [3.8, 4) is 0 Å². The van der Waals surface area contributed by atoms with Gasteiger partial charge in [-0.1, -0.05) is 0 Å². The van der Waals surface area contributed by atoms with E-state index >= 15 is 0 Å². The maximum Gasteiger partial charge on any atom is 0.0932 e. The fraction of sp³-hybridized carbons (Fsp3) is 1.00. The predicted octanol–water partition coefficient (Wildman–Crippen LogP) is -1.31. The largest absolute Gasteiger partial charge is 0.394 e. The Morgan fingerprint density at radius 1 is 1.64 bits per heavy atom. The number of aliphatic hydroxyl groups is 2. The van der Waals surface area contributed by atoms with Crippen LogP contribution in [-0.4, -0.2) is 73.9 Å². The minimum atomic E-state index is -0.461. The summed E-state index contributed by atoms with van der Waals surface area (Å²) < 4.78 is 10.1. The summed E-state index contributed by atoms with van der Waals surface area (Å²) >= 11 is 0. The number of methoxy groups -OCH3 is 1. The van der Waals surface area contributed by atoms with Gasteiger partial charge >= 0.3 is 0 Å². The van der Waals surface area contributed by atoms with E-state index in [0.29, 0.717) is 26.3 Å². The van der Waals surface area contributed by atoms with Crippen molar-refractivity contribution in [2.24, 2.45) is 0 Å². The molecular weight excluding hydrogens is 186 g/mol. The highest BCUT2D eigenvalue weighted by molar-refractivity contribution is 4.73. The van der Waals surface area contributed by atoms with Crippen LogP contribution in [0.4, 0.5) is 0 Å². The van der Waals surface area contributed by atoms with Crippen molar-refractivity contribution in [3.05, 3.63) is 0 Å². The lowest BCUT2D eigenvalue weighted by molar-refractivity contribution is -0.0664. The molecule has 0 bridgehead atoms. The molecule has 2 atom stereocenters. The van der Waals surface area contributed by atoms with Crippen LogP contribution in [0.15, 0.2) is 0 Å². The zero-order valence-electron chi connectivity index (χ0n) is 8.56. The van der Waals surface area contributed by atoms with E-state index in [1.165, 1.54) is 0 Å². The topological polar surface area (TPSA) is 62.2 Å². The summed E-state index contributed by atoms with van der Waals surface area (Å²) in [6.45, 7) is 3.06. The Balaban J connectivity index is 2.22. The van der Waals surface area contributed by atoms with Crippen molar-refractivity contribution in [2.75, 3.05) is 46.6 Å². The molecule has 1 heterocycles. The molecule has 0 aromatic heterocycles. The average molecular weight is 205 g/mol. The van der Waals surface area contributed by atoms with Crippen molar-refractivity contribution >= 4 is 0 Å². The molecule has 1 saturated heterocycles.